The zero-order chi connectivity index (χ0) is 17.6. The SMILES string of the molecule is CCn1ncc2c(-c3ccc(Cl)s3)c(/C=C/C(=O)O)c(C3CC3)nc21. The van der Waals surface area contributed by atoms with Gasteiger partial charge in [0.15, 0.2) is 5.65 Å². The van der Waals surface area contributed by atoms with Crippen molar-refractivity contribution in [3.8, 4) is 10.4 Å². The van der Waals surface area contributed by atoms with Gasteiger partial charge >= 0.3 is 5.97 Å². The number of aliphatic carboxylic acids is 1. The highest BCUT2D eigenvalue weighted by atomic mass is 35.5. The van der Waals surface area contributed by atoms with Crippen LogP contribution in [0.3, 0.4) is 0 Å². The molecule has 1 aliphatic rings. The molecule has 3 heterocycles. The van der Waals surface area contributed by atoms with E-state index >= 15 is 0 Å². The van der Waals surface area contributed by atoms with Crippen molar-refractivity contribution in [2.24, 2.45) is 0 Å². The van der Waals surface area contributed by atoms with Gasteiger partial charge in [-0.25, -0.2) is 14.5 Å². The van der Waals surface area contributed by atoms with E-state index in [0.717, 1.165) is 52.1 Å². The molecule has 1 aliphatic carbocycles. The smallest absolute Gasteiger partial charge is 0.328 e. The molecule has 0 saturated heterocycles. The molecule has 0 bridgehead atoms. The first-order valence-corrected chi connectivity index (χ1v) is 9.34. The van der Waals surface area contributed by atoms with E-state index < -0.39 is 5.97 Å². The van der Waals surface area contributed by atoms with Gasteiger partial charge in [-0.2, -0.15) is 5.10 Å². The van der Waals surface area contributed by atoms with Crippen LogP contribution in [-0.2, 0) is 11.3 Å². The Labute approximate surface area is 153 Å². The lowest BCUT2D eigenvalue weighted by Crippen LogP contribution is -2.02. The maximum absolute atomic E-state index is 11.1. The Hall–Kier alpha value is -2.18. The molecular weight excluding hydrogens is 358 g/mol. The topological polar surface area (TPSA) is 68.0 Å². The number of halogens is 1. The van der Waals surface area contributed by atoms with Crippen LogP contribution in [0, 0.1) is 0 Å². The highest BCUT2D eigenvalue weighted by Crippen LogP contribution is 2.46. The van der Waals surface area contributed by atoms with Gasteiger partial charge in [0, 0.05) is 39.9 Å². The summed E-state index contributed by atoms with van der Waals surface area (Å²) < 4.78 is 2.58. The number of rotatable bonds is 5. The Balaban J connectivity index is 2.07. The summed E-state index contributed by atoms with van der Waals surface area (Å²) in [5, 5.41) is 14.5. The first-order chi connectivity index (χ1) is 12.1. The number of thiophene rings is 1. The molecule has 0 radical (unpaired) electrons. The normalized spacial score (nSPS) is 14.6. The molecule has 0 amide bonds. The molecule has 0 aliphatic heterocycles. The number of aromatic nitrogens is 3. The van der Waals surface area contributed by atoms with Crippen molar-refractivity contribution in [2.45, 2.75) is 32.2 Å². The second-order valence-electron chi connectivity index (χ2n) is 6.03. The van der Waals surface area contributed by atoms with Gasteiger partial charge < -0.3 is 5.11 Å². The van der Waals surface area contributed by atoms with E-state index in [1.165, 1.54) is 17.4 Å². The summed E-state index contributed by atoms with van der Waals surface area (Å²) in [6.07, 6.45) is 6.81. The van der Waals surface area contributed by atoms with E-state index in [1.807, 2.05) is 29.9 Å². The molecule has 3 aromatic heterocycles. The largest absolute Gasteiger partial charge is 0.478 e. The third-order valence-corrected chi connectivity index (χ3v) is 5.58. The molecular formula is C18H16ClN3O2S. The van der Waals surface area contributed by atoms with Crippen molar-refractivity contribution >= 4 is 46.0 Å². The fourth-order valence-corrected chi connectivity index (χ4v) is 4.17. The molecule has 7 heteroatoms. The molecule has 1 fully saturated rings. The maximum atomic E-state index is 11.1. The number of pyridine rings is 1. The van der Waals surface area contributed by atoms with Gasteiger partial charge in [-0.1, -0.05) is 11.6 Å². The highest BCUT2D eigenvalue weighted by Gasteiger charge is 2.30. The quantitative estimate of drug-likeness (QED) is 0.652. The van der Waals surface area contributed by atoms with E-state index in [9.17, 15) is 4.79 Å². The average molecular weight is 374 g/mol. The summed E-state index contributed by atoms with van der Waals surface area (Å²) >= 11 is 7.64. The zero-order valence-corrected chi connectivity index (χ0v) is 15.1. The first-order valence-electron chi connectivity index (χ1n) is 8.14. The number of hydrogen-bond acceptors (Lipinski definition) is 4. The number of nitrogens with zero attached hydrogens (tertiary/aromatic N) is 3. The van der Waals surface area contributed by atoms with Crippen LogP contribution in [0.4, 0.5) is 0 Å². The molecule has 25 heavy (non-hydrogen) atoms. The summed E-state index contributed by atoms with van der Waals surface area (Å²) in [7, 11) is 0. The van der Waals surface area contributed by atoms with Crippen LogP contribution in [0.5, 0.6) is 0 Å². The van der Waals surface area contributed by atoms with E-state index in [1.54, 1.807) is 6.08 Å². The predicted octanol–water partition coefficient (Wildman–Crippen LogP) is 4.81. The van der Waals surface area contributed by atoms with Crippen molar-refractivity contribution < 1.29 is 9.90 Å². The minimum absolute atomic E-state index is 0.382. The maximum Gasteiger partial charge on any atom is 0.328 e. The lowest BCUT2D eigenvalue weighted by molar-refractivity contribution is -0.131. The number of carboxylic acid groups (broad SMARTS) is 1. The average Bonchev–Trinajstić information content (AvgIpc) is 3.22. The fraction of sp³-hybridized carbons (Fsp3) is 0.278. The standard InChI is InChI=1S/C18H16ClN3O2S/c1-2-22-18-12(9-20-22)16(13-6-7-14(19)25-13)11(5-8-15(23)24)17(21-18)10-3-4-10/h5-10H,2-4H2,1H3,(H,23,24)/b8-5+. The van der Waals surface area contributed by atoms with Crippen LogP contribution in [0.15, 0.2) is 24.4 Å². The van der Waals surface area contributed by atoms with Crippen LogP contribution in [0.1, 0.15) is 36.9 Å². The van der Waals surface area contributed by atoms with Gasteiger partial charge in [-0.3, -0.25) is 0 Å². The molecule has 0 spiro atoms. The van der Waals surface area contributed by atoms with Crippen LogP contribution < -0.4 is 0 Å². The predicted molar refractivity (Wildman–Crippen MR) is 100 cm³/mol. The highest BCUT2D eigenvalue weighted by molar-refractivity contribution is 7.19. The van der Waals surface area contributed by atoms with Crippen molar-refractivity contribution in [3.05, 3.63) is 40.0 Å². The van der Waals surface area contributed by atoms with Crippen molar-refractivity contribution in [1.82, 2.24) is 14.8 Å². The van der Waals surface area contributed by atoms with Crippen LogP contribution in [-0.4, -0.2) is 25.8 Å². The summed E-state index contributed by atoms with van der Waals surface area (Å²) in [5.74, 6) is -0.589. The molecule has 3 aromatic rings. The fourth-order valence-electron chi connectivity index (χ4n) is 3.06. The second-order valence-corrected chi connectivity index (χ2v) is 7.75. The second kappa shape index (κ2) is 6.28. The summed E-state index contributed by atoms with van der Waals surface area (Å²) in [6, 6.07) is 3.83. The van der Waals surface area contributed by atoms with Gasteiger partial charge in [0.05, 0.1) is 16.2 Å². The number of aryl methyl sites for hydroxylation is 1. The van der Waals surface area contributed by atoms with Gasteiger partial charge in [0.25, 0.3) is 0 Å². The van der Waals surface area contributed by atoms with E-state index in [2.05, 4.69) is 5.10 Å². The Bertz CT molecular complexity index is 1000. The minimum Gasteiger partial charge on any atom is -0.478 e. The summed E-state index contributed by atoms with van der Waals surface area (Å²) in [4.78, 5) is 17.0. The van der Waals surface area contributed by atoms with E-state index in [0.29, 0.717) is 10.3 Å². The Kier molecular flexibility index (Phi) is 4.09. The zero-order valence-electron chi connectivity index (χ0n) is 13.6. The van der Waals surface area contributed by atoms with Gasteiger partial charge in [-0.05, 0) is 38.0 Å². The Morgan fingerprint density at radius 3 is 2.88 bits per heavy atom. The summed E-state index contributed by atoms with van der Waals surface area (Å²) in [6.45, 7) is 2.76. The third kappa shape index (κ3) is 2.96. The molecule has 0 atom stereocenters. The minimum atomic E-state index is -0.971. The van der Waals surface area contributed by atoms with Crippen molar-refractivity contribution in [3.63, 3.8) is 0 Å². The van der Waals surface area contributed by atoms with Crippen molar-refractivity contribution in [1.29, 1.82) is 0 Å². The number of fused-ring (bicyclic) bond motifs is 1. The molecule has 4 rings (SSSR count). The van der Waals surface area contributed by atoms with Gasteiger partial charge in [-0.15, -0.1) is 11.3 Å². The molecule has 5 nitrogen and oxygen atoms in total. The first kappa shape index (κ1) is 16.3. The third-order valence-electron chi connectivity index (χ3n) is 4.33. The Morgan fingerprint density at radius 2 is 2.28 bits per heavy atom. The summed E-state index contributed by atoms with van der Waals surface area (Å²) in [5.41, 5.74) is 3.64. The number of hydrogen-bond donors (Lipinski definition) is 1. The van der Waals surface area contributed by atoms with Crippen LogP contribution in [0.25, 0.3) is 27.6 Å². The molecule has 128 valence electrons. The van der Waals surface area contributed by atoms with Gasteiger partial charge in [0.2, 0.25) is 0 Å². The number of carboxylic acids is 1. The molecule has 1 N–H and O–H groups in total. The Morgan fingerprint density at radius 1 is 1.48 bits per heavy atom. The monoisotopic (exact) mass is 373 g/mol. The van der Waals surface area contributed by atoms with Crippen LogP contribution in [0.2, 0.25) is 4.34 Å². The lowest BCUT2D eigenvalue weighted by atomic mass is 9.99. The molecule has 1 saturated carbocycles. The molecule has 0 unspecified atom stereocenters. The van der Waals surface area contributed by atoms with Crippen molar-refractivity contribution in [2.75, 3.05) is 0 Å². The number of carbonyl (C=O) groups is 1. The van der Waals surface area contributed by atoms with Crippen LogP contribution >= 0.6 is 22.9 Å². The molecule has 0 aromatic carbocycles. The lowest BCUT2D eigenvalue weighted by Gasteiger charge is -2.12. The van der Waals surface area contributed by atoms with E-state index in [-0.39, 0.29) is 0 Å². The van der Waals surface area contributed by atoms with E-state index in [4.69, 9.17) is 21.7 Å². The van der Waals surface area contributed by atoms with Gasteiger partial charge in [0.1, 0.15) is 0 Å².